The fraction of sp³-hybridized carbons (Fsp3) is 0.375. The summed E-state index contributed by atoms with van der Waals surface area (Å²) < 4.78 is 15.5. The van der Waals surface area contributed by atoms with E-state index in [1.54, 1.807) is 12.1 Å². The van der Waals surface area contributed by atoms with Crippen LogP contribution in [0.4, 0.5) is 0 Å². The van der Waals surface area contributed by atoms with E-state index in [1.165, 1.54) is 6.07 Å². The molecule has 112 valence electrons. The van der Waals surface area contributed by atoms with Gasteiger partial charge in [-0.3, -0.25) is 4.79 Å². The summed E-state index contributed by atoms with van der Waals surface area (Å²) >= 11 is 0. The second-order valence-corrected chi connectivity index (χ2v) is 4.84. The largest absolute Gasteiger partial charge is 0.493 e. The van der Waals surface area contributed by atoms with Crippen LogP contribution in [0.15, 0.2) is 39.5 Å². The molecule has 1 unspecified atom stereocenters. The second-order valence-electron chi connectivity index (χ2n) is 4.84. The average Bonchev–Trinajstić information content (AvgIpc) is 2.46. The minimum atomic E-state index is -0.371. The molecule has 2 aromatic rings. The van der Waals surface area contributed by atoms with Crippen molar-refractivity contribution in [2.75, 3.05) is 6.61 Å². The van der Waals surface area contributed by atoms with Crippen molar-refractivity contribution in [1.82, 2.24) is 0 Å². The lowest BCUT2D eigenvalue weighted by atomic mass is 10.2. The Morgan fingerprint density at radius 2 is 2.05 bits per heavy atom. The van der Waals surface area contributed by atoms with Gasteiger partial charge in [-0.05, 0) is 44.4 Å². The summed E-state index contributed by atoms with van der Waals surface area (Å²) in [6.07, 6.45) is 2.54. The zero-order chi connectivity index (χ0) is 15.1. The molecule has 0 aliphatic rings. The molecule has 1 atom stereocenters. The van der Waals surface area contributed by atoms with Crippen molar-refractivity contribution in [1.29, 1.82) is 0 Å². The maximum absolute atomic E-state index is 11.2. The van der Waals surface area contributed by atoms with Crippen molar-refractivity contribution in [3.05, 3.63) is 40.8 Å². The van der Waals surface area contributed by atoms with Crippen LogP contribution in [0, 0.1) is 0 Å². The maximum atomic E-state index is 11.2. The van der Waals surface area contributed by atoms with Crippen LogP contribution >= 0.6 is 0 Å². The highest BCUT2D eigenvalue weighted by atomic mass is 16.5. The first-order chi connectivity index (χ1) is 10.2. The molecule has 0 saturated carbocycles. The van der Waals surface area contributed by atoms with Gasteiger partial charge in [0, 0.05) is 17.5 Å². The minimum Gasteiger partial charge on any atom is -0.493 e. The molecule has 1 aromatic carbocycles. The van der Waals surface area contributed by atoms with E-state index in [1.807, 2.05) is 19.1 Å². The molecule has 21 heavy (non-hydrogen) atoms. The summed E-state index contributed by atoms with van der Waals surface area (Å²) in [5.41, 5.74) is 0.150. The molecule has 5 nitrogen and oxygen atoms in total. The zero-order valence-electron chi connectivity index (χ0n) is 11.9. The zero-order valence-corrected chi connectivity index (χ0v) is 11.9. The van der Waals surface area contributed by atoms with Gasteiger partial charge >= 0.3 is 5.63 Å². The van der Waals surface area contributed by atoms with Gasteiger partial charge in [-0.25, -0.2) is 4.79 Å². The number of carbonyl (C=O) groups is 1. The van der Waals surface area contributed by atoms with Gasteiger partial charge in [0.1, 0.15) is 11.3 Å². The maximum Gasteiger partial charge on any atom is 0.336 e. The third-order valence-corrected chi connectivity index (χ3v) is 3.16. The van der Waals surface area contributed by atoms with E-state index in [0.29, 0.717) is 24.4 Å². The summed E-state index contributed by atoms with van der Waals surface area (Å²) in [5, 5.41) is 0.863. The Morgan fingerprint density at radius 3 is 2.86 bits per heavy atom. The number of hydrogen-bond donors (Lipinski definition) is 0. The van der Waals surface area contributed by atoms with Gasteiger partial charge in [0.15, 0.2) is 0 Å². The topological polar surface area (TPSA) is 65.7 Å². The molecule has 5 heteroatoms. The van der Waals surface area contributed by atoms with E-state index in [2.05, 4.69) is 0 Å². The quantitative estimate of drug-likeness (QED) is 0.425. The molecule has 0 aliphatic heterocycles. The highest BCUT2D eigenvalue weighted by Crippen LogP contribution is 2.19. The first kappa shape index (κ1) is 15.1. The van der Waals surface area contributed by atoms with Gasteiger partial charge < -0.3 is 13.9 Å². The van der Waals surface area contributed by atoms with Crippen molar-refractivity contribution in [3.63, 3.8) is 0 Å². The molecule has 1 heterocycles. The van der Waals surface area contributed by atoms with Crippen LogP contribution in [0.5, 0.6) is 5.75 Å². The van der Waals surface area contributed by atoms with Gasteiger partial charge in [0.25, 0.3) is 6.47 Å². The van der Waals surface area contributed by atoms with E-state index in [-0.39, 0.29) is 11.7 Å². The Balaban J connectivity index is 1.81. The molecule has 0 amide bonds. The smallest absolute Gasteiger partial charge is 0.336 e. The third-order valence-electron chi connectivity index (χ3n) is 3.16. The molecule has 2 rings (SSSR count). The predicted molar refractivity (Wildman–Crippen MR) is 78.4 cm³/mol. The molecule has 0 N–H and O–H groups in total. The van der Waals surface area contributed by atoms with Crippen LogP contribution < -0.4 is 10.4 Å². The lowest BCUT2D eigenvalue weighted by Crippen LogP contribution is -2.07. The molecular weight excluding hydrogens is 272 g/mol. The summed E-state index contributed by atoms with van der Waals surface area (Å²) in [6.45, 7) is 2.90. The predicted octanol–water partition coefficient (Wildman–Crippen LogP) is 2.90. The highest BCUT2D eigenvalue weighted by Gasteiger charge is 2.03. The molecule has 0 aliphatic carbocycles. The first-order valence-electron chi connectivity index (χ1n) is 6.95. The molecule has 0 fully saturated rings. The fourth-order valence-electron chi connectivity index (χ4n) is 2.02. The van der Waals surface area contributed by atoms with Gasteiger partial charge in [-0.1, -0.05) is 0 Å². The van der Waals surface area contributed by atoms with E-state index < -0.39 is 0 Å². The highest BCUT2D eigenvalue weighted by molar-refractivity contribution is 5.77. The Hall–Kier alpha value is -2.30. The van der Waals surface area contributed by atoms with Crippen molar-refractivity contribution < 1.29 is 18.7 Å². The molecular formula is C16H18O5. The van der Waals surface area contributed by atoms with Crippen molar-refractivity contribution in [2.45, 2.75) is 32.3 Å². The fourth-order valence-corrected chi connectivity index (χ4v) is 2.02. The van der Waals surface area contributed by atoms with Crippen LogP contribution in [-0.2, 0) is 9.53 Å². The van der Waals surface area contributed by atoms with Crippen LogP contribution in [0.3, 0.4) is 0 Å². The van der Waals surface area contributed by atoms with Crippen LogP contribution in [-0.4, -0.2) is 19.2 Å². The Morgan fingerprint density at radius 1 is 1.24 bits per heavy atom. The van der Waals surface area contributed by atoms with E-state index in [9.17, 15) is 9.59 Å². The van der Waals surface area contributed by atoms with Crippen molar-refractivity contribution in [3.8, 4) is 5.75 Å². The number of fused-ring (bicyclic) bond motifs is 1. The van der Waals surface area contributed by atoms with Crippen LogP contribution in [0.2, 0.25) is 0 Å². The van der Waals surface area contributed by atoms with E-state index in [4.69, 9.17) is 13.9 Å². The third kappa shape index (κ3) is 4.63. The molecule has 1 aromatic heterocycles. The van der Waals surface area contributed by atoms with Crippen molar-refractivity contribution in [2.24, 2.45) is 0 Å². The monoisotopic (exact) mass is 290 g/mol. The van der Waals surface area contributed by atoms with Gasteiger partial charge in [-0.2, -0.15) is 0 Å². The van der Waals surface area contributed by atoms with Gasteiger partial charge in [0.2, 0.25) is 0 Å². The summed E-state index contributed by atoms with van der Waals surface area (Å²) in [5.74, 6) is 0.675. The number of unbranched alkanes of at least 4 members (excludes halogenated alkanes) is 1. The lowest BCUT2D eigenvalue weighted by Gasteiger charge is -2.09. The number of carbonyl (C=O) groups excluding carboxylic acids is 1. The average molecular weight is 290 g/mol. The molecule has 0 spiro atoms. The standard InChI is InChI=1S/C16H18O5/c1-12(20-11-17)4-2-3-9-19-14-7-5-13-6-8-16(18)21-15(13)10-14/h5-8,10-12H,2-4,9H2,1H3. The Labute approximate surface area is 122 Å². The van der Waals surface area contributed by atoms with Gasteiger partial charge in [-0.15, -0.1) is 0 Å². The first-order valence-corrected chi connectivity index (χ1v) is 6.95. The number of benzene rings is 1. The number of ether oxygens (including phenoxy) is 2. The Kier molecular flexibility index (Phi) is 5.37. The molecule has 0 bridgehead atoms. The lowest BCUT2D eigenvalue weighted by molar-refractivity contribution is -0.133. The number of rotatable bonds is 8. The molecule has 0 saturated heterocycles. The van der Waals surface area contributed by atoms with E-state index in [0.717, 1.165) is 24.6 Å². The molecule has 0 radical (unpaired) electrons. The number of hydrogen-bond acceptors (Lipinski definition) is 5. The Bertz CT molecular complexity index is 646. The van der Waals surface area contributed by atoms with Gasteiger partial charge in [0.05, 0.1) is 12.7 Å². The summed E-state index contributed by atoms with van der Waals surface area (Å²) in [7, 11) is 0. The van der Waals surface area contributed by atoms with Crippen molar-refractivity contribution >= 4 is 17.4 Å². The SMILES string of the molecule is CC(CCCCOc1ccc2ccc(=O)oc2c1)OC=O. The second kappa shape index (κ2) is 7.47. The summed E-state index contributed by atoms with van der Waals surface area (Å²) in [4.78, 5) is 21.3. The minimum absolute atomic E-state index is 0.0579. The summed E-state index contributed by atoms with van der Waals surface area (Å²) in [6, 6.07) is 8.54. The van der Waals surface area contributed by atoms with Crippen LogP contribution in [0.25, 0.3) is 11.0 Å². The van der Waals surface area contributed by atoms with E-state index >= 15 is 0 Å². The normalized spacial score (nSPS) is 12.0. The van der Waals surface area contributed by atoms with Crippen LogP contribution in [0.1, 0.15) is 26.2 Å².